The number of rotatable bonds is 5. The van der Waals surface area contributed by atoms with E-state index < -0.39 is 0 Å². The van der Waals surface area contributed by atoms with Crippen LogP contribution < -0.4 is 0 Å². The van der Waals surface area contributed by atoms with E-state index in [0.29, 0.717) is 6.42 Å². The van der Waals surface area contributed by atoms with E-state index in [-0.39, 0.29) is 12.0 Å². The predicted molar refractivity (Wildman–Crippen MR) is 73.6 cm³/mol. The van der Waals surface area contributed by atoms with Crippen molar-refractivity contribution in [2.75, 3.05) is 21.2 Å². The summed E-state index contributed by atoms with van der Waals surface area (Å²) < 4.78 is 4.71. The summed E-state index contributed by atoms with van der Waals surface area (Å²) in [6.45, 7) is 4.21. The zero-order valence-electron chi connectivity index (χ0n) is 12.0. The smallest absolute Gasteiger partial charge is 0.305 e. The van der Waals surface area contributed by atoms with Gasteiger partial charge in [0.2, 0.25) is 0 Å². The largest absolute Gasteiger partial charge is 0.469 e. The van der Waals surface area contributed by atoms with Crippen molar-refractivity contribution in [1.82, 2.24) is 4.90 Å². The second kappa shape index (κ2) is 6.55. The van der Waals surface area contributed by atoms with Crippen LogP contribution in [0.5, 0.6) is 0 Å². The van der Waals surface area contributed by atoms with Crippen molar-refractivity contribution in [3.8, 4) is 0 Å². The number of esters is 1. The van der Waals surface area contributed by atoms with Crippen molar-refractivity contribution in [2.45, 2.75) is 32.7 Å². The highest BCUT2D eigenvalue weighted by atomic mass is 16.5. The van der Waals surface area contributed by atoms with Crippen LogP contribution in [-0.2, 0) is 9.53 Å². The fraction of sp³-hybridized carbons (Fsp3) is 0.533. The molecule has 0 heterocycles. The van der Waals surface area contributed by atoms with Crippen LogP contribution >= 0.6 is 0 Å². The minimum absolute atomic E-state index is 0.146. The number of ether oxygens (including phenoxy) is 1. The summed E-state index contributed by atoms with van der Waals surface area (Å²) in [7, 11) is 5.53. The van der Waals surface area contributed by atoms with E-state index in [1.807, 2.05) is 14.1 Å². The lowest BCUT2D eigenvalue weighted by molar-refractivity contribution is -0.141. The Labute approximate surface area is 110 Å². The Morgan fingerprint density at radius 2 is 2.00 bits per heavy atom. The van der Waals surface area contributed by atoms with Crippen LogP contribution in [-0.4, -0.2) is 32.1 Å². The molecule has 1 rings (SSSR count). The van der Waals surface area contributed by atoms with Crippen molar-refractivity contribution < 1.29 is 9.53 Å². The third kappa shape index (κ3) is 3.84. The molecule has 0 N–H and O–H groups in total. The van der Waals surface area contributed by atoms with E-state index in [9.17, 15) is 4.79 Å². The highest BCUT2D eigenvalue weighted by Crippen LogP contribution is 2.27. The van der Waals surface area contributed by atoms with Crippen molar-refractivity contribution in [2.24, 2.45) is 0 Å². The fourth-order valence-corrected chi connectivity index (χ4v) is 2.17. The van der Waals surface area contributed by atoms with Crippen molar-refractivity contribution in [1.29, 1.82) is 0 Å². The number of nitrogens with zero attached hydrogens (tertiary/aromatic N) is 1. The molecular formula is C15H23NO2. The number of carbonyl (C=O) groups is 1. The maximum absolute atomic E-state index is 11.3. The number of methoxy groups -OCH3 is 1. The number of carbonyl (C=O) groups excluding carboxylic acids is 1. The maximum atomic E-state index is 11.3. The van der Waals surface area contributed by atoms with Crippen LogP contribution in [0.3, 0.4) is 0 Å². The van der Waals surface area contributed by atoms with Gasteiger partial charge in [0.25, 0.3) is 0 Å². The van der Waals surface area contributed by atoms with Crippen LogP contribution in [0, 0.1) is 13.8 Å². The van der Waals surface area contributed by atoms with Gasteiger partial charge in [-0.05, 0) is 45.5 Å². The fourth-order valence-electron chi connectivity index (χ4n) is 2.17. The Bertz CT molecular complexity index is 413. The van der Waals surface area contributed by atoms with Gasteiger partial charge in [0.05, 0.1) is 7.11 Å². The second-order valence-corrected chi connectivity index (χ2v) is 4.95. The van der Waals surface area contributed by atoms with Crippen LogP contribution in [0.1, 0.15) is 35.6 Å². The van der Waals surface area contributed by atoms with Gasteiger partial charge in [-0.3, -0.25) is 4.79 Å². The Hall–Kier alpha value is -1.35. The molecule has 3 nitrogen and oxygen atoms in total. The Morgan fingerprint density at radius 1 is 1.33 bits per heavy atom. The summed E-state index contributed by atoms with van der Waals surface area (Å²) in [5.74, 6) is -0.146. The predicted octanol–water partition coefficient (Wildman–Crippen LogP) is 2.86. The summed E-state index contributed by atoms with van der Waals surface area (Å²) in [5.41, 5.74) is 3.81. The number of hydrogen-bond donors (Lipinski definition) is 0. The van der Waals surface area contributed by atoms with Gasteiger partial charge in [-0.15, -0.1) is 0 Å². The first-order valence-corrected chi connectivity index (χ1v) is 6.26. The second-order valence-electron chi connectivity index (χ2n) is 4.95. The van der Waals surface area contributed by atoms with Gasteiger partial charge in [-0.25, -0.2) is 0 Å². The highest BCUT2D eigenvalue weighted by Gasteiger charge is 2.17. The molecule has 1 atom stereocenters. The van der Waals surface area contributed by atoms with Gasteiger partial charge < -0.3 is 9.64 Å². The van der Waals surface area contributed by atoms with Crippen LogP contribution in [0.4, 0.5) is 0 Å². The van der Waals surface area contributed by atoms with Crippen LogP contribution in [0.2, 0.25) is 0 Å². The zero-order valence-corrected chi connectivity index (χ0v) is 12.0. The van der Waals surface area contributed by atoms with Gasteiger partial charge >= 0.3 is 5.97 Å². The van der Waals surface area contributed by atoms with E-state index in [1.54, 1.807) is 0 Å². The lowest BCUT2D eigenvalue weighted by Gasteiger charge is -2.26. The van der Waals surface area contributed by atoms with Gasteiger partial charge in [0, 0.05) is 12.5 Å². The standard InChI is InChI=1S/C15H23NO2/c1-11-6-7-12(2)13(10-11)14(16(3)4)8-9-15(17)18-5/h6-7,10,14H,8-9H2,1-5H3. The average molecular weight is 249 g/mol. The minimum Gasteiger partial charge on any atom is -0.469 e. The molecule has 0 amide bonds. The Balaban J connectivity index is 2.90. The van der Waals surface area contributed by atoms with Crippen molar-refractivity contribution >= 4 is 5.97 Å². The minimum atomic E-state index is -0.146. The van der Waals surface area contributed by atoms with Crippen LogP contribution in [0.25, 0.3) is 0 Å². The molecule has 0 spiro atoms. The van der Waals surface area contributed by atoms with E-state index in [4.69, 9.17) is 4.74 Å². The number of aryl methyl sites for hydroxylation is 2. The molecule has 1 aromatic carbocycles. The summed E-state index contributed by atoms with van der Waals surface area (Å²) in [6, 6.07) is 6.71. The van der Waals surface area contributed by atoms with Crippen LogP contribution in [0.15, 0.2) is 18.2 Å². The zero-order chi connectivity index (χ0) is 13.7. The maximum Gasteiger partial charge on any atom is 0.305 e. The Morgan fingerprint density at radius 3 is 2.56 bits per heavy atom. The molecule has 0 fully saturated rings. The van der Waals surface area contributed by atoms with E-state index in [2.05, 4.69) is 36.9 Å². The molecule has 100 valence electrons. The molecule has 1 unspecified atom stereocenters. The third-order valence-corrected chi connectivity index (χ3v) is 3.27. The van der Waals surface area contributed by atoms with E-state index >= 15 is 0 Å². The number of hydrogen-bond acceptors (Lipinski definition) is 3. The molecular weight excluding hydrogens is 226 g/mol. The normalized spacial score (nSPS) is 12.6. The average Bonchev–Trinajstić information content (AvgIpc) is 2.32. The summed E-state index contributed by atoms with van der Waals surface area (Å²) >= 11 is 0. The number of benzene rings is 1. The topological polar surface area (TPSA) is 29.5 Å². The summed E-state index contributed by atoms with van der Waals surface area (Å²) in [5, 5.41) is 0. The molecule has 18 heavy (non-hydrogen) atoms. The lowest BCUT2D eigenvalue weighted by atomic mass is 9.95. The quantitative estimate of drug-likeness (QED) is 0.751. The van der Waals surface area contributed by atoms with Crippen molar-refractivity contribution in [3.63, 3.8) is 0 Å². The molecule has 0 saturated heterocycles. The molecule has 0 aliphatic rings. The van der Waals surface area contributed by atoms with Gasteiger partial charge in [-0.1, -0.05) is 23.8 Å². The third-order valence-electron chi connectivity index (χ3n) is 3.27. The van der Waals surface area contributed by atoms with Crippen molar-refractivity contribution in [3.05, 3.63) is 34.9 Å². The Kier molecular flexibility index (Phi) is 5.35. The first kappa shape index (κ1) is 14.7. The summed E-state index contributed by atoms with van der Waals surface area (Å²) in [4.78, 5) is 13.4. The molecule has 0 aromatic heterocycles. The molecule has 0 bridgehead atoms. The molecule has 0 saturated carbocycles. The monoisotopic (exact) mass is 249 g/mol. The highest BCUT2D eigenvalue weighted by molar-refractivity contribution is 5.69. The first-order chi connectivity index (χ1) is 8.45. The lowest BCUT2D eigenvalue weighted by Crippen LogP contribution is -2.22. The van der Waals surface area contributed by atoms with Gasteiger partial charge in [0.15, 0.2) is 0 Å². The van der Waals surface area contributed by atoms with Gasteiger partial charge in [-0.2, -0.15) is 0 Å². The molecule has 3 heteroatoms. The summed E-state index contributed by atoms with van der Waals surface area (Å²) in [6.07, 6.45) is 1.23. The van der Waals surface area contributed by atoms with Gasteiger partial charge in [0.1, 0.15) is 0 Å². The van der Waals surface area contributed by atoms with E-state index in [0.717, 1.165) is 6.42 Å². The molecule has 0 aliphatic carbocycles. The first-order valence-electron chi connectivity index (χ1n) is 6.26. The molecule has 0 radical (unpaired) electrons. The molecule has 0 aliphatic heterocycles. The molecule has 1 aromatic rings. The SMILES string of the molecule is COC(=O)CCC(c1cc(C)ccc1C)N(C)C. The van der Waals surface area contributed by atoms with E-state index in [1.165, 1.54) is 23.8 Å².